The van der Waals surface area contributed by atoms with E-state index < -0.39 is 17.9 Å². The largest absolute Gasteiger partial charge is 0.481 e. The van der Waals surface area contributed by atoms with Gasteiger partial charge in [-0.05, 0) is 31.9 Å². The van der Waals surface area contributed by atoms with Gasteiger partial charge < -0.3 is 20.2 Å². The Labute approximate surface area is 140 Å². The third-order valence-corrected chi connectivity index (χ3v) is 4.71. The highest BCUT2D eigenvalue weighted by Crippen LogP contribution is 2.27. The van der Waals surface area contributed by atoms with Crippen LogP contribution >= 0.6 is 0 Å². The van der Waals surface area contributed by atoms with Crippen LogP contribution in [0.1, 0.15) is 19.8 Å². The average molecular weight is 331 g/mol. The number of carboxylic acids is 1. The van der Waals surface area contributed by atoms with Crippen molar-refractivity contribution in [3.05, 3.63) is 30.3 Å². The lowest BCUT2D eigenvalue weighted by Crippen LogP contribution is -2.47. The molecule has 2 aliphatic heterocycles. The number of rotatable bonds is 3. The summed E-state index contributed by atoms with van der Waals surface area (Å²) in [6.45, 7) is 2.55. The van der Waals surface area contributed by atoms with E-state index in [0.29, 0.717) is 19.4 Å². The van der Waals surface area contributed by atoms with Gasteiger partial charge in [0.25, 0.3) is 0 Å². The van der Waals surface area contributed by atoms with Crippen LogP contribution in [-0.2, 0) is 9.59 Å². The zero-order chi connectivity index (χ0) is 17.3. The molecule has 2 fully saturated rings. The number of hydrogen-bond acceptors (Lipinski definition) is 3. The van der Waals surface area contributed by atoms with Crippen LogP contribution in [0.5, 0.6) is 0 Å². The summed E-state index contributed by atoms with van der Waals surface area (Å²) in [4.78, 5) is 39.1. The number of likely N-dealkylation sites (tertiary alicyclic amines) is 1. The molecule has 2 N–H and O–H groups in total. The van der Waals surface area contributed by atoms with Crippen LogP contribution < -0.4 is 10.2 Å². The second kappa shape index (κ2) is 6.51. The van der Waals surface area contributed by atoms with Gasteiger partial charge in [-0.2, -0.15) is 0 Å². The van der Waals surface area contributed by atoms with Crippen molar-refractivity contribution >= 4 is 23.6 Å². The van der Waals surface area contributed by atoms with Crippen molar-refractivity contribution in [2.75, 3.05) is 18.0 Å². The van der Waals surface area contributed by atoms with Crippen molar-refractivity contribution in [1.29, 1.82) is 0 Å². The molecule has 128 valence electrons. The Morgan fingerprint density at radius 1 is 1.25 bits per heavy atom. The highest BCUT2D eigenvalue weighted by molar-refractivity contribution is 6.01. The summed E-state index contributed by atoms with van der Waals surface area (Å²) in [7, 11) is 0. The Balaban J connectivity index is 1.63. The summed E-state index contributed by atoms with van der Waals surface area (Å²) in [5.41, 5.74) is 0.818. The number of nitrogens with one attached hydrogen (secondary N) is 1. The lowest BCUT2D eigenvalue weighted by molar-refractivity contribution is -0.141. The number of para-hydroxylation sites is 1. The van der Waals surface area contributed by atoms with Gasteiger partial charge in [-0.1, -0.05) is 18.2 Å². The first-order chi connectivity index (χ1) is 11.5. The van der Waals surface area contributed by atoms with Crippen molar-refractivity contribution in [3.8, 4) is 0 Å². The number of aliphatic carboxylic acids is 1. The van der Waals surface area contributed by atoms with E-state index in [1.807, 2.05) is 37.3 Å². The second-order valence-electron chi connectivity index (χ2n) is 6.40. The summed E-state index contributed by atoms with van der Waals surface area (Å²) in [5, 5.41) is 11.8. The van der Waals surface area contributed by atoms with E-state index in [-0.39, 0.29) is 24.5 Å². The molecular formula is C17H21N3O4. The number of urea groups is 1. The summed E-state index contributed by atoms with van der Waals surface area (Å²) in [6.07, 6.45) is 0.990. The number of hydrogen-bond donors (Lipinski definition) is 2. The monoisotopic (exact) mass is 331 g/mol. The van der Waals surface area contributed by atoms with Crippen LogP contribution in [0.25, 0.3) is 0 Å². The van der Waals surface area contributed by atoms with Gasteiger partial charge in [0.2, 0.25) is 5.91 Å². The zero-order valence-electron chi connectivity index (χ0n) is 13.5. The predicted octanol–water partition coefficient (Wildman–Crippen LogP) is 1.30. The van der Waals surface area contributed by atoms with E-state index in [4.69, 9.17) is 5.11 Å². The molecule has 0 spiro atoms. The van der Waals surface area contributed by atoms with Crippen molar-refractivity contribution in [3.63, 3.8) is 0 Å². The molecule has 24 heavy (non-hydrogen) atoms. The number of nitrogens with zero attached hydrogens (tertiary/aromatic N) is 2. The molecule has 2 saturated heterocycles. The Kier molecular flexibility index (Phi) is 4.42. The minimum absolute atomic E-state index is 0.00412. The molecule has 0 bridgehead atoms. The number of carbonyl (C=O) groups excluding carboxylic acids is 2. The fourth-order valence-electron chi connectivity index (χ4n) is 3.41. The smallest absolute Gasteiger partial charge is 0.318 e. The molecule has 3 atom stereocenters. The van der Waals surface area contributed by atoms with E-state index in [1.54, 1.807) is 4.90 Å². The summed E-state index contributed by atoms with van der Waals surface area (Å²) in [5.74, 6) is -1.53. The molecule has 3 rings (SSSR count). The zero-order valence-corrected chi connectivity index (χ0v) is 13.5. The molecule has 7 heteroatoms. The third-order valence-electron chi connectivity index (χ3n) is 4.71. The molecule has 0 aromatic heterocycles. The normalized spacial score (nSPS) is 26.7. The van der Waals surface area contributed by atoms with E-state index >= 15 is 0 Å². The van der Waals surface area contributed by atoms with E-state index in [2.05, 4.69) is 5.32 Å². The lowest BCUT2D eigenvalue weighted by atomic mass is 10.1. The highest BCUT2D eigenvalue weighted by atomic mass is 16.4. The van der Waals surface area contributed by atoms with Crippen LogP contribution in [0.3, 0.4) is 0 Å². The summed E-state index contributed by atoms with van der Waals surface area (Å²) < 4.78 is 0. The maximum atomic E-state index is 12.6. The third kappa shape index (κ3) is 3.06. The first kappa shape index (κ1) is 16.3. The molecule has 1 aromatic carbocycles. The minimum Gasteiger partial charge on any atom is -0.481 e. The Hall–Kier alpha value is -2.57. The Morgan fingerprint density at radius 3 is 2.58 bits per heavy atom. The maximum absolute atomic E-state index is 12.6. The van der Waals surface area contributed by atoms with Gasteiger partial charge in [-0.25, -0.2) is 4.79 Å². The molecule has 1 aromatic rings. The topological polar surface area (TPSA) is 90.0 Å². The van der Waals surface area contributed by atoms with Crippen LogP contribution in [0.2, 0.25) is 0 Å². The average Bonchev–Trinajstić information content (AvgIpc) is 3.14. The first-order valence-electron chi connectivity index (χ1n) is 8.13. The molecule has 7 nitrogen and oxygen atoms in total. The van der Waals surface area contributed by atoms with Crippen LogP contribution in [0.15, 0.2) is 30.3 Å². The van der Waals surface area contributed by atoms with Gasteiger partial charge in [-0.3, -0.25) is 9.59 Å². The van der Waals surface area contributed by atoms with Gasteiger partial charge in [0, 0.05) is 24.8 Å². The van der Waals surface area contributed by atoms with Crippen molar-refractivity contribution in [2.45, 2.75) is 31.8 Å². The number of anilines is 1. The fourth-order valence-corrected chi connectivity index (χ4v) is 3.41. The fraction of sp³-hybridized carbons (Fsp3) is 0.471. The number of amides is 3. The first-order valence-corrected chi connectivity index (χ1v) is 8.13. The maximum Gasteiger partial charge on any atom is 0.318 e. The van der Waals surface area contributed by atoms with Crippen molar-refractivity contribution in [2.24, 2.45) is 5.92 Å². The van der Waals surface area contributed by atoms with Gasteiger partial charge >= 0.3 is 12.0 Å². The van der Waals surface area contributed by atoms with Crippen LogP contribution in [0.4, 0.5) is 10.5 Å². The molecular weight excluding hydrogens is 310 g/mol. The SMILES string of the molecule is CC1CC(NC(=O)N2CCC(C(=O)O)C2)C(=O)N1c1ccccc1. The number of benzene rings is 1. The number of carbonyl (C=O) groups is 3. The quantitative estimate of drug-likeness (QED) is 0.873. The second-order valence-corrected chi connectivity index (χ2v) is 6.40. The Bertz CT molecular complexity index is 648. The summed E-state index contributed by atoms with van der Waals surface area (Å²) >= 11 is 0. The standard InChI is InChI=1S/C17H21N3O4/c1-11-9-14(15(21)20(11)13-5-3-2-4-6-13)18-17(24)19-8-7-12(10-19)16(22)23/h2-6,11-12,14H,7-10H2,1H3,(H,18,24)(H,22,23). The Morgan fingerprint density at radius 2 is 1.96 bits per heavy atom. The molecule has 0 radical (unpaired) electrons. The molecule has 3 unspecified atom stereocenters. The molecule has 2 aliphatic rings. The van der Waals surface area contributed by atoms with Crippen molar-refractivity contribution < 1.29 is 19.5 Å². The number of carboxylic acid groups (broad SMARTS) is 1. The van der Waals surface area contributed by atoms with E-state index in [9.17, 15) is 14.4 Å². The van der Waals surface area contributed by atoms with Gasteiger partial charge in [-0.15, -0.1) is 0 Å². The molecule has 0 saturated carbocycles. The van der Waals surface area contributed by atoms with Gasteiger partial charge in [0.05, 0.1) is 5.92 Å². The lowest BCUT2D eigenvalue weighted by Gasteiger charge is -2.22. The molecule has 3 amide bonds. The van der Waals surface area contributed by atoms with Crippen molar-refractivity contribution in [1.82, 2.24) is 10.2 Å². The van der Waals surface area contributed by atoms with Crippen LogP contribution in [-0.4, -0.2) is 53.1 Å². The van der Waals surface area contributed by atoms with Crippen LogP contribution in [0, 0.1) is 5.92 Å². The van der Waals surface area contributed by atoms with Gasteiger partial charge in [0.1, 0.15) is 6.04 Å². The highest BCUT2D eigenvalue weighted by Gasteiger charge is 2.40. The minimum atomic E-state index is -0.883. The molecule has 0 aliphatic carbocycles. The molecule has 2 heterocycles. The van der Waals surface area contributed by atoms with Gasteiger partial charge in [0.15, 0.2) is 0 Å². The van der Waals surface area contributed by atoms with E-state index in [0.717, 1.165) is 5.69 Å². The predicted molar refractivity (Wildman–Crippen MR) is 87.6 cm³/mol. The summed E-state index contributed by atoms with van der Waals surface area (Å²) in [6, 6.07) is 8.44. The van der Waals surface area contributed by atoms with E-state index in [1.165, 1.54) is 4.90 Å².